The van der Waals surface area contributed by atoms with Gasteiger partial charge in [0.05, 0.1) is 24.1 Å². The van der Waals surface area contributed by atoms with Crippen LogP contribution in [0.25, 0.3) is 0 Å². The Morgan fingerprint density at radius 3 is 2.94 bits per heavy atom. The monoisotopic (exact) mass is 233 g/mol. The van der Waals surface area contributed by atoms with Crippen LogP contribution in [0.3, 0.4) is 0 Å². The molecule has 1 aromatic rings. The third kappa shape index (κ3) is 1.80. The van der Waals surface area contributed by atoms with Gasteiger partial charge in [-0.3, -0.25) is 4.79 Å². The third-order valence-corrected chi connectivity index (χ3v) is 3.94. The van der Waals surface area contributed by atoms with Gasteiger partial charge in [-0.25, -0.2) is 0 Å². The Morgan fingerprint density at radius 2 is 2.24 bits per heavy atom. The van der Waals surface area contributed by atoms with Crippen LogP contribution < -0.4 is 0 Å². The van der Waals surface area contributed by atoms with Crippen LogP contribution in [-0.2, 0) is 0 Å². The van der Waals surface area contributed by atoms with E-state index in [1.807, 2.05) is 4.90 Å². The van der Waals surface area contributed by atoms with Gasteiger partial charge < -0.3 is 10.0 Å². The van der Waals surface area contributed by atoms with E-state index in [1.165, 1.54) is 12.4 Å². The van der Waals surface area contributed by atoms with E-state index in [0.717, 1.165) is 19.4 Å². The van der Waals surface area contributed by atoms with Gasteiger partial charge in [-0.15, -0.1) is 0 Å². The fourth-order valence-electron chi connectivity index (χ4n) is 3.00. The molecule has 3 rings (SSSR count). The van der Waals surface area contributed by atoms with Crippen molar-refractivity contribution in [2.45, 2.75) is 18.9 Å². The summed E-state index contributed by atoms with van der Waals surface area (Å²) >= 11 is 0. The van der Waals surface area contributed by atoms with Crippen molar-refractivity contribution in [1.82, 2.24) is 15.1 Å². The number of hydrogen-bond acceptors (Lipinski definition) is 4. The molecule has 1 amide bonds. The zero-order valence-electron chi connectivity index (χ0n) is 9.49. The summed E-state index contributed by atoms with van der Waals surface area (Å²) in [6, 6.07) is 1.68. The van der Waals surface area contributed by atoms with E-state index in [-0.39, 0.29) is 17.9 Å². The second kappa shape index (κ2) is 4.07. The molecule has 3 atom stereocenters. The molecule has 5 heteroatoms. The van der Waals surface area contributed by atoms with Gasteiger partial charge in [0.15, 0.2) is 0 Å². The standard InChI is InChI=1S/C12H15N3O2/c16-11-2-1-9-6-15(7-10(9)11)12(17)8-3-4-13-14-5-8/h3-5,9-11,16H,1-2,6-7H2. The number of rotatable bonds is 1. The van der Waals surface area contributed by atoms with Gasteiger partial charge in [-0.2, -0.15) is 10.2 Å². The van der Waals surface area contributed by atoms with Crippen molar-refractivity contribution in [3.63, 3.8) is 0 Å². The van der Waals surface area contributed by atoms with Gasteiger partial charge in [0.2, 0.25) is 0 Å². The Kier molecular flexibility index (Phi) is 2.55. The third-order valence-electron chi connectivity index (χ3n) is 3.94. The predicted octanol–water partition coefficient (Wildman–Crippen LogP) is 0.319. The number of aliphatic hydroxyl groups is 1. The second-order valence-corrected chi connectivity index (χ2v) is 4.91. The number of hydrogen-bond donors (Lipinski definition) is 1. The lowest BCUT2D eigenvalue weighted by atomic mass is 10.00. The van der Waals surface area contributed by atoms with Crippen molar-refractivity contribution in [3.8, 4) is 0 Å². The minimum absolute atomic E-state index is 0.00139. The quantitative estimate of drug-likeness (QED) is 0.758. The smallest absolute Gasteiger partial charge is 0.255 e. The fraction of sp³-hybridized carbons (Fsp3) is 0.583. The number of nitrogens with zero attached hydrogens (tertiary/aromatic N) is 3. The van der Waals surface area contributed by atoms with Crippen molar-refractivity contribution in [2.75, 3.05) is 13.1 Å². The van der Waals surface area contributed by atoms with E-state index in [9.17, 15) is 9.90 Å². The maximum absolute atomic E-state index is 12.2. The Labute approximate surface area is 99.5 Å². The van der Waals surface area contributed by atoms with Crippen molar-refractivity contribution >= 4 is 5.91 Å². The average Bonchev–Trinajstić information content (AvgIpc) is 2.92. The number of fused-ring (bicyclic) bond motifs is 1. The van der Waals surface area contributed by atoms with Crippen molar-refractivity contribution in [1.29, 1.82) is 0 Å². The first kappa shape index (κ1) is 10.7. The number of carbonyl (C=O) groups excluding carboxylic acids is 1. The van der Waals surface area contributed by atoms with E-state index in [2.05, 4.69) is 10.2 Å². The maximum Gasteiger partial charge on any atom is 0.255 e. The van der Waals surface area contributed by atoms with Crippen LogP contribution in [-0.4, -0.2) is 45.3 Å². The topological polar surface area (TPSA) is 66.3 Å². The number of likely N-dealkylation sites (tertiary alicyclic amines) is 1. The van der Waals surface area contributed by atoms with Gasteiger partial charge in [0, 0.05) is 19.0 Å². The summed E-state index contributed by atoms with van der Waals surface area (Å²) in [7, 11) is 0. The molecule has 1 N–H and O–H groups in total. The van der Waals surface area contributed by atoms with Gasteiger partial charge in [0.1, 0.15) is 0 Å². The molecule has 1 saturated heterocycles. The van der Waals surface area contributed by atoms with Crippen LogP contribution in [0.2, 0.25) is 0 Å². The lowest BCUT2D eigenvalue weighted by molar-refractivity contribution is 0.0751. The Bertz CT molecular complexity index is 423. The molecule has 1 aliphatic carbocycles. The Hall–Kier alpha value is -1.49. The normalized spacial score (nSPS) is 31.6. The zero-order valence-corrected chi connectivity index (χ0v) is 9.49. The van der Waals surface area contributed by atoms with Gasteiger partial charge in [0.25, 0.3) is 5.91 Å². The first-order chi connectivity index (χ1) is 8.25. The van der Waals surface area contributed by atoms with Crippen LogP contribution in [0, 0.1) is 11.8 Å². The lowest BCUT2D eigenvalue weighted by Gasteiger charge is -2.18. The molecule has 0 aromatic carbocycles. The molecule has 1 aliphatic heterocycles. The zero-order chi connectivity index (χ0) is 11.8. The molecule has 2 fully saturated rings. The summed E-state index contributed by atoms with van der Waals surface area (Å²) in [5.41, 5.74) is 0.578. The van der Waals surface area contributed by atoms with Gasteiger partial charge in [-0.1, -0.05) is 0 Å². The highest BCUT2D eigenvalue weighted by Gasteiger charge is 2.43. The molecule has 1 aromatic heterocycles. The first-order valence-corrected chi connectivity index (χ1v) is 6.00. The molecule has 3 unspecified atom stereocenters. The summed E-state index contributed by atoms with van der Waals surface area (Å²) < 4.78 is 0. The Morgan fingerprint density at radius 1 is 1.35 bits per heavy atom. The minimum Gasteiger partial charge on any atom is -0.393 e. The van der Waals surface area contributed by atoms with E-state index >= 15 is 0 Å². The molecule has 90 valence electrons. The lowest BCUT2D eigenvalue weighted by Crippen LogP contribution is -2.31. The van der Waals surface area contributed by atoms with E-state index in [4.69, 9.17) is 0 Å². The van der Waals surface area contributed by atoms with Crippen LogP contribution in [0.1, 0.15) is 23.2 Å². The van der Waals surface area contributed by atoms with Gasteiger partial charge >= 0.3 is 0 Å². The van der Waals surface area contributed by atoms with E-state index in [0.29, 0.717) is 18.0 Å². The van der Waals surface area contributed by atoms with Crippen LogP contribution in [0.5, 0.6) is 0 Å². The summed E-state index contributed by atoms with van der Waals surface area (Å²) in [5, 5.41) is 17.2. The highest BCUT2D eigenvalue weighted by Crippen LogP contribution is 2.38. The van der Waals surface area contributed by atoms with Crippen molar-refractivity contribution in [3.05, 3.63) is 24.0 Å². The molecule has 0 spiro atoms. The summed E-state index contributed by atoms with van der Waals surface area (Å²) in [4.78, 5) is 14.0. The van der Waals surface area contributed by atoms with Crippen molar-refractivity contribution < 1.29 is 9.90 Å². The average molecular weight is 233 g/mol. The molecule has 5 nitrogen and oxygen atoms in total. The second-order valence-electron chi connectivity index (χ2n) is 4.91. The summed E-state index contributed by atoms with van der Waals surface area (Å²) in [6.45, 7) is 1.44. The number of aliphatic hydroxyl groups excluding tert-OH is 1. The van der Waals surface area contributed by atoms with Crippen LogP contribution >= 0.6 is 0 Å². The molecular formula is C12H15N3O2. The highest BCUT2D eigenvalue weighted by molar-refractivity contribution is 5.94. The number of amides is 1. The highest BCUT2D eigenvalue weighted by atomic mass is 16.3. The molecule has 2 aliphatic rings. The minimum atomic E-state index is -0.228. The summed E-state index contributed by atoms with van der Waals surface area (Å²) in [5.74, 6) is 0.749. The fourth-order valence-corrected chi connectivity index (χ4v) is 3.00. The number of aromatic nitrogens is 2. The summed E-state index contributed by atoms with van der Waals surface area (Å²) in [6.07, 6.45) is 4.71. The van der Waals surface area contributed by atoms with Crippen LogP contribution in [0.15, 0.2) is 18.5 Å². The molecule has 1 saturated carbocycles. The molecule has 17 heavy (non-hydrogen) atoms. The SMILES string of the molecule is O=C(c1ccnnc1)N1CC2CCC(O)C2C1. The number of carbonyl (C=O) groups is 1. The molecule has 0 bridgehead atoms. The van der Waals surface area contributed by atoms with E-state index in [1.54, 1.807) is 6.07 Å². The molecular weight excluding hydrogens is 218 g/mol. The largest absolute Gasteiger partial charge is 0.393 e. The Balaban J connectivity index is 1.73. The van der Waals surface area contributed by atoms with E-state index < -0.39 is 0 Å². The molecule has 2 heterocycles. The maximum atomic E-state index is 12.2. The van der Waals surface area contributed by atoms with Crippen molar-refractivity contribution in [2.24, 2.45) is 11.8 Å². The van der Waals surface area contributed by atoms with Gasteiger partial charge in [-0.05, 0) is 24.8 Å². The predicted molar refractivity (Wildman–Crippen MR) is 60.2 cm³/mol. The molecule has 0 radical (unpaired) electrons. The van der Waals surface area contributed by atoms with Crippen LogP contribution in [0.4, 0.5) is 0 Å². The first-order valence-electron chi connectivity index (χ1n) is 6.00.